The van der Waals surface area contributed by atoms with Gasteiger partial charge in [0.05, 0.1) is 22.2 Å². The van der Waals surface area contributed by atoms with Gasteiger partial charge < -0.3 is 13.6 Å². The van der Waals surface area contributed by atoms with Gasteiger partial charge in [-0.2, -0.15) is 0 Å². The zero-order valence-electron chi connectivity index (χ0n) is 24.8. The van der Waals surface area contributed by atoms with Crippen LogP contribution in [0.1, 0.15) is 35.4 Å². The number of rotatable bonds is 3. The van der Waals surface area contributed by atoms with Crippen molar-refractivity contribution in [2.45, 2.75) is 25.7 Å². The molecule has 0 N–H and O–H groups in total. The van der Waals surface area contributed by atoms with Crippen molar-refractivity contribution in [3.63, 3.8) is 0 Å². The third-order valence-electron chi connectivity index (χ3n) is 9.84. The van der Waals surface area contributed by atoms with Crippen LogP contribution < -0.4 is 0 Å². The van der Waals surface area contributed by atoms with Crippen molar-refractivity contribution >= 4 is 55.8 Å². The topological polar surface area (TPSA) is 23.0 Å². The second-order valence-corrected chi connectivity index (χ2v) is 12.3. The molecular formula is C42H30N2O. The molecule has 0 amide bonds. The van der Waals surface area contributed by atoms with E-state index in [2.05, 4.69) is 143 Å². The normalized spacial score (nSPS) is 14.1. The quantitative estimate of drug-likeness (QED) is 0.204. The Morgan fingerprint density at radius 2 is 1.33 bits per heavy atom. The molecule has 0 saturated heterocycles. The number of para-hydroxylation sites is 3. The summed E-state index contributed by atoms with van der Waals surface area (Å²) in [5, 5.41) is 5.05. The first-order valence-electron chi connectivity index (χ1n) is 16.0. The fraction of sp³-hybridized carbons (Fsp3) is 0.0952. The standard InChI is InChI=1S/C42H30N2O/c1-6-19-35(44-36-20-7-2-15-30(36)31-16-3-8-21-37(31)44)29(14-1)27-12-11-13-28(26-27)43-38-22-9-4-18-34(38)41-39(43)25-24-33-32-17-5-10-23-40(32)45-42(33)41/h1-3,5-9,11-17,19-22,24-26H,4,10,18,23H2. The summed E-state index contributed by atoms with van der Waals surface area (Å²) in [5.74, 6) is 1.12. The van der Waals surface area contributed by atoms with Gasteiger partial charge in [-0.3, -0.25) is 0 Å². The molecule has 3 heterocycles. The van der Waals surface area contributed by atoms with Gasteiger partial charge in [0.2, 0.25) is 0 Å². The lowest BCUT2D eigenvalue weighted by molar-refractivity contribution is 0.548. The average Bonchev–Trinajstić information content (AvgIpc) is 3.76. The molecule has 0 unspecified atom stereocenters. The lowest BCUT2D eigenvalue weighted by Crippen LogP contribution is -2.01. The van der Waals surface area contributed by atoms with Crippen LogP contribution in [0.25, 0.3) is 78.3 Å². The highest BCUT2D eigenvalue weighted by molar-refractivity contribution is 6.11. The van der Waals surface area contributed by atoms with Gasteiger partial charge in [-0.05, 0) is 78.9 Å². The molecule has 3 nitrogen and oxygen atoms in total. The number of fused-ring (bicyclic) bond motifs is 10. The summed E-state index contributed by atoms with van der Waals surface area (Å²) in [6, 6.07) is 39.9. The van der Waals surface area contributed by atoms with E-state index in [1.807, 2.05) is 0 Å². The van der Waals surface area contributed by atoms with Crippen LogP contribution in [0.15, 0.2) is 126 Å². The predicted molar refractivity (Wildman–Crippen MR) is 188 cm³/mol. The fourth-order valence-electron chi connectivity index (χ4n) is 7.91. The van der Waals surface area contributed by atoms with E-state index in [1.54, 1.807) is 0 Å². The summed E-state index contributed by atoms with van der Waals surface area (Å²) < 4.78 is 11.5. The summed E-state index contributed by atoms with van der Waals surface area (Å²) in [6.07, 6.45) is 13.2. The lowest BCUT2D eigenvalue weighted by Gasteiger charge is -2.16. The molecule has 0 fully saturated rings. The molecule has 45 heavy (non-hydrogen) atoms. The van der Waals surface area contributed by atoms with E-state index in [1.165, 1.54) is 71.7 Å². The van der Waals surface area contributed by atoms with E-state index < -0.39 is 0 Å². The summed E-state index contributed by atoms with van der Waals surface area (Å²) in [5.41, 5.74) is 13.4. The maximum atomic E-state index is 6.65. The van der Waals surface area contributed by atoms with Gasteiger partial charge in [-0.1, -0.05) is 85.0 Å². The number of hydrogen-bond acceptors (Lipinski definition) is 1. The van der Waals surface area contributed by atoms with Crippen molar-refractivity contribution < 1.29 is 4.42 Å². The van der Waals surface area contributed by atoms with Gasteiger partial charge in [0.1, 0.15) is 11.3 Å². The van der Waals surface area contributed by atoms with Crippen LogP contribution >= 0.6 is 0 Å². The molecule has 0 saturated carbocycles. The molecule has 0 atom stereocenters. The summed E-state index contributed by atoms with van der Waals surface area (Å²) >= 11 is 0. The molecule has 0 spiro atoms. The average molecular weight is 579 g/mol. The van der Waals surface area contributed by atoms with Crippen LogP contribution in [0.3, 0.4) is 0 Å². The summed E-state index contributed by atoms with van der Waals surface area (Å²) in [4.78, 5) is 0. The minimum Gasteiger partial charge on any atom is -0.460 e. The second kappa shape index (κ2) is 9.48. The predicted octanol–water partition coefficient (Wildman–Crippen LogP) is 11.1. The monoisotopic (exact) mass is 578 g/mol. The van der Waals surface area contributed by atoms with Crippen molar-refractivity contribution in [3.05, 3.63) is 144 Å². The minimum atomic E-state index is 0.970. The Labute approximate surface area is 260 Å². The van der Waals surface area contributed by atoms with Crippen molar-refractivity contribution in [2.24, 2.45) is 0 Å². The first kappa shape index (κ1) is 24.9. The Morgan fingerprint density at radius 1 is 0.578 bits per heavy atom. The Morgan fingerprint density at radius 3 is 2.20 bits per heavy atom. The van der Waals surface area contributed by atoms with Gasteiger partial charge >= 0.3 is 0 Å². The second-order valence-electron chi connectivity index (χ2n) is 12.3. The Bertz CT molecular complexity index is 2490. The van der Waals surface area contributed by atoms with E-state index in [0.29, 0.717) is 0 Å². The zero-order valence-corrected chi connectivity index (χ0v) is 24.8. The first-order valence-corrected chi connectivity index (χ1v) is 16.0. The van der Waals surface area contributed by atoms with E-state index in [-0.39, 0.29) is 0 Å². The largest absolute Gasteiger partial charge is 0.460 e. The molecule has 2 aliphatic carbocycles. The van der Waals surface area contributed by atoms with Gasteiger partial charge in [0.25, 0.3) is 0 Å². The first-order chi connectivity index (χ1) is 22.3. The van der Waals surface area contributed by atoms with Crippen LogP contribution in [0.2, 0.25) is 0 Å². The van der Waals surface area contributed by atoms with Crippen molar-refractivity contribution in [1.82, 2.24) is 9.13 Å². The maximum absolute atomic E-state index is 6.65. The van der Waals surface area contributed by atoms with Gasteiger partial charge in [0, 0.05) is 50.5 Å². The number of aromatic nitrogens is 2. The number of aryl methyl sites for hydroxylation is 2. The minimum absolute atomic E-state index is 0.970. The fourth-order valence-corrected chi connectivity index (χ4v) is 7.91. The summed E-state index contributed by atoms with van der Waals surface area (Å²) in [6.45, 7) is 0. The molecule has 3 heteroatoms. The molecule has 0 bridgehead atoms. The number of hydrogen-bond donors (Lipinski definition) is 0. The highest BCUT2D eigenvalue weighted by Gasteiger charge is 2.25. The van der Waals surface area contributed by atoms with Crippen LogP contribution in [0.5, 0.6) is 0 Å². The van der Waals surface area contributed by atoms with Crippen molar-refractivity contribution in [1.29, 1.82) is 0 Å². The summed E-state index contributed by atoms with van der Waals surface area (Å²) in [7, 11) is 0. The molecule has 214 valence electrons. The van der Waals surface area contributed by atoms with Gasteiger partial charge in [-0.25, -0.2) is 0 Å². The molecule has 0 aliphatic heterocycles. The lowest BCUT2D eigenvalue weighted by atomic mass is 9.98. The third-order valence-corrected chi connectivity index (χ3v) is 9.84. The van der Waals surface area contributed by atoms with Gasteiger partial charge in [0.15, 0.2) is 0 Å². The zero-order chi connectivity index (χ0) is 29.5. The molecule has 5 aromatic carbocycles. The van der Waals surface area contributed by atoms with Crippen LogP contribution in [0.4, 0.5) is 0 Å². The van der Waals surface area contributed by atoms with E-state index in [9.17, 15) is 0 Å². The molecule has 10 rings (SSSR count). The van der Waals surface area contributed by atoms with Crippen molar-refractivity contribution in [2.75, 3.05) is 0 Å². The Kier molecular flexibility index (Phi) is 5.23. The van der Waals surface area contributed by atoms with Crippen LogP contribution in [0, 0.1) is 0 Å². The van der Waals surface area contributed by atoms with E-state index in [4.69, 9.17) is 4.42 Å². The molecule has 3 aromatic heterocycles. The van der Waals surface area contributed by atoms with E-state index >= 15 is 0 Å². The van der Waals surface area contributed by atoms with E-state index in [0.717, 1.165) is 42.7 Å². The van der Waals surface area contributed by atoms with Crippen molar-refractivity contribution in [3.8, 4) is 22.5 Å². The highest BCUT2D eigenvalue weighted by Crippen LogP contribution is 2.43. The smallest absolute Gasteiger partial charge is 0.144 e. The van der Waals surface area contributed by atoms with Crippen LogP contribution in [-0.2, 0) is 12.8 Å². The number of benzene rings is 5. The molecule has 0 radical (unpaired) electrons. The Balaban J connectivity index is 1.20. The maximum Gasteiger partial charge on any atom is 0.144 e. The molecule has 2 aliphatic rings. The molecular weight excluding hydrogens is 548 g/mol. The van der Waals surface area contributed by atoms with Crippen LogP contribution in [-0.4, -0.2) is 9.13 Å². The Hall–Kier alpha value is -5.54. The number of furan rings is 1. The number of nitrogens with zero attached hydrogens (tertiary/aromatic N) is 2. The third kappa shape index (κ3) is 3.52. The van der Waals surface area contributed by atoms with Gasteiger partial charge in [-0.15, -0.1) is 0 Å². The number of allylic oxidation sites excluding steroid dienone is 2. The molecule has 8 aromatic rings. The SMILES string of the molecule is C1=Cc2c(oc3c2ccc2c3c3c(n2-c2cccc(-c4ccccc4-n4c5ccccc5c5ccccc54)c2)C=CCC3)CC1. The highest BCUT2D eigenvalue weighted by atomic mass is 16.3.